The maximum atomic E-state index is 9.70. The number of phenols is 1. The molecule has 0 fully saturated rings. The van der Waals surface area contributed by atoms with Gasteiger partial charge in [0.25, 0.3) is 0 Å². The number of benzene rings is 1. The van der Waals surface area contributed by atoms with Gasteiger partial charge in [-0.15, -0.1) is 0 Å². The molecule has 2 heteroatoms. The Labute approximate surface area is 149 Å². The SMILES string of the molecule is C=O.CCCCCCCCCCCCCCCc1ccccc1O. The van der Waals surface area contributed by atoms with E-state index in [1.807, 2.05) is 25.0 Å². The smallest absolute Gasteiger partial charge is 0.118 e. The van der Waals surface area contributed by atoms with Gasteiger partial charge in [-0.05, 0) is 24.5 Å². The summed E-state index contributed by atoms with van der Waals surface area (Å²) >= 11 is 0. The summed E-state index contributed by atoms with van der Waals surface area (Å²) in [5.41, 5.74) is 1.10. The van der Waals surface area contributed by atoms with Crippen molar-refractivity contribution in [3.05, 3.63) is 29.8 Å². The summed E-state index contributed by atoms with van der Waals surface area (Å²) in [7, 11) is 0. The van der Waals surface area contributed by atoms with Gasteiger partial charge in [-0.1, -0.05) is 102 Å². The zero-order valence-electron chi connectivity index (χ0n) is 15.8. The molecule has 0 aliphatic rings. The van der Waals surface area contributed by atoms with Crippen molar-refractivity contribution in [2.45, 2.75) is 96.8 Å². The molecular formula is C22H38O2. The monoisotopic (exact) mass is 334 g/mol. The predicted molar refractivity (Wildman–Crippen MR) is 105 cm³/mol. The molecule has 0 aliphatic carbocycles. The minimum atomic E-state index is 0.460. The van der Waals surface area contributed by atoms with Crippen LogP contribution in [0.2, 0.25) is 0 Å². The number of hydrogen-bond acceptors (Lipinski definition) is 2. The molecule has 1 N–H and O–H groups in total. The molecule has 1 rings (SSSR count). The van der Waals surface area contributed by atoms with Gasteiger partial charge in [-0.2, -0.15) is 0 Å². The minimum absolute atomic E-state index is 0.460. The Bertz CT molecular complexity index is 376. The fourth-order valence-electron chi connectivity index (χ4n) is 3.06. The van der Waals surface area contributed by atoms with Crippen molar-refractivity contribution in [1.29, 1.82) is 0 Å². The van der Waals surface area contributed by atoms with Crippen LogP contribution in [0.25, 0.3) is 0 Å². The summed E-state index contributed by atoms with van der Waals surface area (Å²) in [5.74, 6) is 0.460. The van der Waals surface area contributed by atoms with E-state index in [1.165, 1.54) is 83.5 Å². The number of aryl methyl sites for hydroxylation is 1. The van der Waals surface area contributed by atoms with Crippen molar-refractivity contribution in [1.82, 2.24) is 0 Å². The predicted octanol–water partition coefficient (Wildman–Crippen LogP) is 6.84. The van der Waals surface area contributed by atoms with E-state index in [2.05, 4.69) is 6.92 Å². The summed E-state index contributed by atoms with van der Waals surface area (Å²) < 4.78 is 0. The van der Waals surface area contributed by atoms with Crippen molar-refractivity contribution >= 4 is 6.79 Å². The van der Waals surface area contributed by atoms with Crippen molar-refractivity contribution in [3.8, 4) is 5.75 Å². The molecule has 0 saturated carbocycles. The Kier molecular flexibility index (Phi) is 17.1. The lowest BCUT2D eigenvalue weighted by Gasteiger charge is -2.05. The Morgan fingerprint density at radius 3 is 1.58 bits per heavy atom. The minimum Gasteiger partial charge on any atom is -0.508 e. The van der Waals surface area contributed by atoms with Crippen LogP contribution in [0.1, 0.15) is 96.0 Å². The van der Waals surface area contributed by atoms with Crippen LogP contribution < -0.4 is 0 Å². The molecule has 0 heterocycles. The second-order valence-corrected chi connectivity index (χ2v) is 6.62. The standard InChI is InChI=1S/C21H36O.CH2O/c1-2-3-4-5-6-7-8-9-10-11-12-13-14-17-20-18-15-16-19-21(20)22;1-2/h15-16,18-19,22H,2-14,17H2,1H3;1H2. The summed E-state index contributed by atoms with van der Waals surface area (Å²) in [6.45, 7) is 4.28. The number of hydrogen-bond donors (Lipinski definition) is 1. The first-order valence-corrected chi connectivity index (χ1v) is 9.90. The Balaban J connectivity index is 0.00000254. The Hall–Kier alpha value is -1.31. The molecule has 0 aliphatic heterocycles. The molecule has 2 nitrogen and oxygen atoms in total. The van der Waals surface area contributed by atoms with Gasteiger partial charge in [-0.25, -0.2) is 0 Å². The number of carbonyl (C=O) groups excluding carboxylic acids is 1. The normalized spacial score (nSPS) is 10.2. The lowest BCUT2D eigenvalue weighted by atomic mass is 10.0. The van der Waals surface area contributed by atoms with Crippen molar-refractivity contribution in [2.24, 2.45) is 0 Å². The lowest BCUT2D eigenvalue weighted by molar-refractivity contribution is -0.0979. The van der Waals surface area contributed by atoms with Crippen LogP contribution in [0.3, 0.4) is 0 Å². The molecule has 0 aromatic heterocycles. The molecule has 0 saturated heterocycles. The van der Waals surface area contributed by atoms with Gasteiger partial charge in [0.1, 0.15) is 12.5 Å². The second-order valence-electron chi connectivity index (χ2n) is 6.62. The van der Waals surface area contributed by atoms with Gasteiger partial charge in [0.2, 0.25) is 0 Å². The van der Waals surface area contributed by atoms with Crippen LogP contribution in [0, 0.1) is 0 Å². The van der Waals surface area contributed by atoms with Crippen molar-refractivity contribution in [2.75, 3.05) is 0 Å². The van der Waals surface area contributed by atoms with Crippen LogP contribution in [-0.2, 0) is 11.2 Å². The van der Waals surface area contributed by atoms with E-state index in [9.17, 15) is 5.11 Å². The molecule has 1 aromatic rings. The average molecular weight is 335 g/mol. The maximum Gasteiger partial charge on any atom is 0.118 e. The van der Waals surface area contributed by atoms with Gasteiger partial charge in [-0.3, -0.25) is 0 Å². The number of phenolic OH excluding ortho intramolecular Hbond substituents is 1. The number of rotatable bonds is 14. The third-order valence-electron chi connectivity index (χ3n) is 4.54. The molecule has 0 radical (unpaired) electrons. The summed E-state index contributed by atoms with van der Waals surface area (Å²) in [5, 5.41) is 9.70. The topological polar surface area (TPSA) is 37.3 Å². The highest BCUT2D eigenvalue weighted by Crippen LogP contribution is 2.19. The Morgan fingerprint density at radius 2 is 1.12 bits per heavy atom. The molecule has 0 spiro atoms. The first kappa shape index (κ1) is 22.7. The highest BCUT2D eigenvalue weighted by atomic mass is 16.3. The molecule has 1 aromatic carbocycles. The van der Waals surface area contributed by atoms with Crippen LogP contribution in [0.15, 0.2) is 24.3 Å². The van der Waals surface area contributed by atoms with Crippen molar-refractivity contribution in [3.63, 3.8) is 0 Å². The van der Waals surface area contributed by atoms with Crippen LogP contribution in [-0.4, -0.2) is 11.9 Å². The number of aromatic hydroxyl groups is 1. The zero-order chi connectivity index (χ0) is 17.9. The number of para-hydroxylation sites is 1. The van der Waals surface area contributed by atoms with Crippen molar-refractivity contribution < 1.29 is 9.90 Å². The van der Waals surface area contributed by atoms with Crippen LogP contribution >= 0.6 is 0 Å². The van der Waals surface area contributed by atoms with Gasteiger partial charge in [0, 0.05) is 0 Å². The van der Waals surface area contributed by atoms with E-state index in [-0.39, 0.29) is 0 Å². The summed E-state index contributed by atoms with van der Waals surface area (Å²) in [6.07, 6.45) is 19.1. The molecule has 24 heavy (non-hydrogen) atoms. The lowest BCUT2D eigenvalue weighted by Crippen LogP contribution is -1.87. The summed E-state index contributed by atoms with van der Waals surface area (Å²) in [6, 6.07) is 7.73. The van der Waals surface area contributed by atoms with Gasteiger partial charge >= 0.3 is 0 Å². The maximum absolute atomic E-state index is 9.70. The number of carbonyl (C=O) groups is 1. The van der Waals surface area contributed by atoms with E-state index in [1.54, 1.807) is 6.07 Å². The fourth-order valence-corrected chi connectivity index (χ4v) is 3.06. The van der Waals surface area contributed by atoms with Gasteiger partial charge < -0.3 is 9.90 Å². The van der Waals surface area contributed by atoms with E-state index in [0.29, 0.717) is 5.75 Å². The van der Waals surface area contributed by atoms with E-state index < -0.39 is 0 Å². The second kappa shape index (κ2) is 18.0. The molecule has 0 unspecified atom stereocenters. The largest absolute Gasteiger partial charge is 0.508 e. The highest BCUT2D eigenvalue weighted by molar-refractivity contribution is 5.31. The molecule has 0 atom stereocenters. The molecule has 138 valence electrons. The average Bonchev–Trinajstić information content (AvgIpc) is 2.62. The zero-order valence-corrected chi connectivity index (χ0v) is 15.8. The summed E-state index contributed by atoms with van der Waals surface area (Å²) in [4.78, 5) is 8.00. The van der Waals surface area contributed by atoms with E-state index in [0.717, 1.165) is 12.0 Å². The number of unbranched alkanes of at least 4 members (excludes halogenated alkanes) is 12. The van der Waals surface area contributed by atoms with Crippen LogP contribution in [0.4, 0.5) is 0 Å². The molecular weight excluding hydrogens is 296 g/mol. The Morgan fingerprint density at radius 1 is 0.708 bits per heavy atom. The van der Waals surface area contributed by atoms with E-state index in [4.69, 9.17) is 4.79 Å². The quantitative estimate of drug-likeness (QED) is 0.378. The third kappa shape index (κ3) is 13.2. The molecule has 0 amide bonds. The third-order valence-corrected chi connectivity index (χ3v) is 4.54. The fraction of sp³-hybridized carbons (Fsp3) is 0.682. The van der Waals surface area contributed by atoms with Gasteiger partial charge in [0.05, 0.1) is 0 Å². The highest BCUT2D eigenvalue weighted by Gasteiger charge is 1.99. The van der Waals surface area contributed by atoms with E-state index >= 15 is 0 Å². The molecule has 0 bridgehead atoms. The first-order chi connectivity index (χ1) is 11.8. The van der Waals surface area contributed by atoms with Gasteiger partial charge in [0.15, 0.2) is 0 Å². The first-order valence-electron chi connectivity index (χ1n) is 9.90. The van der Waals surface area contributed by atoms with Crippen LogP contribution in [0.5, 0.6) is 5.75 Å².